The lowest BCUT2D eigenvalue weighted by Gasteiger charge is -2.30. The van der Waals surface area contributed by atoms with Crippen LogP contribution in [-0.2, 0) is 0 Å². The van der Waals surface area contributed by atoms with Gasteiger partial charge in [-0.05, 0) is 63.5 Å². The Kier molecular flexibility index (Phi) is 9.55. The second kappa shape index (κ2) is 17.4. The van der Waals surface area contributed by atoms with Crippen LogP contribution >= 0.6 is 0 Å². The number of aromatic nitrogens is 4. The van der Waals surface area contributed by atoms with Gasteiger partial charge in [-0.2, -0.15) is 10.5 Å². The van der Waals surface area contributed by atoms with E-state index in [1.54, 1.807) is 0 Å². The Morgan fingerprint density at radius 1 is 0.226 bits per heavy atom. The van der Waals surface area contributed by atoms with Crippen molar-refractivity contribution in [2.75, 3.05) is 0 Å². The summed E-state index contributed by atoms with van der Waals surface area (Å²) < 4.78 is 9.84. The average Bonchev–Trinajstić information content (AvgIpc) is 2.00. The zero-order valence-corrected chi connectivity index (χ0v) is 45.1. The van der Waals surface area contributed by atoms with Gasteiger partial charge in [-0.3, -0.25) is 0 Å². The SMILES string of the molecule is N#Cc1ccc(-c2c(-n3c4ccccc4c4ccc5ccccc5c43)c(-n3c4ccccc4c4ccc5ccccc5c43)c(C#N)c(-n3c4ccccc4c4ccc5ccccc5c43)c2-n2c3ccccc3c3ccc4ccccc4c32)cc1. The average molecular weight is 1070 g/mol. The second-order valence-corrected chi connectivity index (χ2v) is 22.1. The van der Waals surface area contributed by atoms with Crippen molar-refractivity contribution in [1.82, 2.24) is 18.3 Å². The Hall–Kier alpha value is -11.7. The summed E-state index contributed by atoms with van der Waals surface area (Å²) in [4.78, 5) is 0. The van der Waals surface area contributed by atoms with Crippen LogP contribution in [0.4, 0.5) is 0 Å². The van der Waals surface area contributed by atoms with Crippen molar-refractivity contribution in [3.8, 4) is 46.0 Å². The number of nitriles is 2. The maximum absolute atomic E-state index is 13.4. The first-order valence-corrected chi connectivity index (χ1v) is 28.5. The molecule has 18 rings (SSSR count). The van der Waals surface area contributed by atoms with Crippen molar-refractivity contribution in [1.29, 1.82) is 10.5 Å². The molecule has 14 aromatic carbocycles. The Bertz CT molecular complexity index is 5680. The minimum absolute atomic E-state index is 0.487. The van der Waals surface area contributed by atoms with Gasteiger partial charge in [0.2, 0.25) is 0 Å². The minimum atomic E-state index is 0.487. The molecule has 0 amide bonds. The Morgan fingerprint density at radius 3 is 0.798 bits per heavy atom. The van der Waals surface area contributed by atoms with Crippen LogP contribution in [0, 0.1) is 22.7 Å². The Labute approximate surface area is 480 Å². The monoisotopic (exact) mass is 1060 g/mol. The van der Waals surface area contributed by atoms with E-state index >= 15 is 0 Å². The fourth-order valence-corrected chi connectivity index (χ4v) is 14.5. The fraction of sp³-hybridized carbons (Fsp3) is 0. The van der Waals surface area contributed by atoms with Crippen molar-refractivity contribution in [3.63, 3.8) is 0 Å². The Balaban J connectivity index is 1.24. The van der Waals surface area contributed by atoms with Crippen molar-refractivity contribution in [2.24, 2.45) is 0 Å². The lowest BCUT2D eigenvalue weighted by Crippen LogP contribution is -2.16. The molecule has 0 atom stereocenters. The van der Waals surface area contributed by atoms with Gasteiger partial charge in [0.15, 0.2) is 0 Å². The van der Waals surface area contributed by atoms with Gasteiger partial charge in [-0.1, -0.05) is 231 Å². The molecular formula is C78H44N6. The molecule has 0 aliphatic rings. The first-order valence-electron chi connectivity index (χ1n) is 28.5. The number of benzene rings is 14. The number of rotatable bonds is 5. The molecule has 0 saturated heterocycles. The van der Waals surface area contributed by atoms with E-state index in [4.69, 9.17) is 0 Å². The molecule has 18 aromatic rings. The predicted molar refractivity (Wildman–Crippen MR) is 349 cm³/mol. The van der Waals surface area contributed by atoms with Gasteiger partial charge in [0.1, 0.15) is 11.6 Å². The van der Waals surface area contributed by atoms with E-state index in [0.717, 1.165) is 164 Å². The van der Waals surface area contributed by atoms with Crippen LogP contribution < -0.4 is 0 Å². The van der Waals surface area contributed by atoms with Crippen LogP contribution in [0.3, 0.4) is 0 Å². The molecule has 84 heavy (non-hydrogen) atoms. The highest BCUT2D eigenvalue weighted by Crippen LogP contribution is 2.54. The van der Waals surface area contributed by atoms with E-state index in [1.165, 1.54) is 0 Å². The van der Waals surface area contributed by atoms with Crippen LogP contribution in [0.2, 0.25) is 0 Å². The third kappa shape index (κ3) is 6.15. The van der Waals surface area contributed by atoms with Gasteiger partial charge in [-0.25, -0.2) is 0 Å². The molecule has 0 bridgehead atoms. The van der Waals surface area contributed by atoms with Gasteiger partial charge in [-0.15, -0.1) is 0 Å². The van der Waals surface area contributed by atoms with E-state index in [0.29, 0.717) is 11.1 Å². The van der Waals surface area contributed by atoms with Gasteiger partial charge in [0.05, 0.1) is 78.5 Å². The van der Waals surface area contributed by atoms with Gasteiger partial charge in [0, 0.05) is 70.2 Å². The maximum Gasteiger partial charge on any atom is 0.104 e. The Morgan fingerprint density at radius 2 is 0.500 bits per heavy atom. The molecule has 6 nitrogen and oxygen atoms in total. The highest BCUT2D eigenvalue weighted by molar-refractivity contribution is 6.25. The summed E-state index contributed by atoms with van der Waals surface area (Å²) in [6.07, 6.45) is 0. The highest BCUT2D eigenvalue weighted by Gasteiger charge is 2.36. The van der Waals surface area contributed by atoms with Crippen LogP contribution in [0.25, 0.3) is 164 Å². The summed E-state index contributed by atoms with van der Waals surface area (Å²) >= 11 is 0. The van der Waals surface area contributed by atoms with Crippen molar-refractivity contribution in [2.45, 2.75) is 0 Å². The minimum Gasteiger partial charge on any atom is -0.306 e. The van der Waals surface area contributed by atoms with Gasteiger partial charge < -0.3 is 18.3 Å². The largest absolute Gasteiger partial charge is 0.306 e. The predicted octanol–water partition coefficient (Wildman–Crippen LogP) is 20.1. The molecule has 0 N–H and O–H groups in total. The number of para-hydroxylation sites is 4. The number of nitrogens with zero attached hydrogens (tertiary/aromatic N) is 6. The maximum atomic E-state index is 13.4. The summed E-state index contributed by atoms with van der Waals surface area (Å²) in [7, 11) is 0. The summed E-state index contributed by atoms with van der Waals surface area (Å²) in [5.41, 5.74) is 13.8. The van der Waals surface area contributed by atoms with Crippen LogP contribution in [0.1, 0.15) is 11.1 Å². The standard InChI is InChI=1S/C78H44N6/c79-45-47-33-35-52(36-34-47)70-77(83-68-31-15-11-27-59(68)63-43-39-50-19-3-7-23-55(50)73(63)83)75(81-66-29-13-9-25-57(66)61-41-37-48-17-1-5-21-53(48)71(61)81)65(46-80)76(82-67-30-14-10-26-58(67)62-42-38-49-18-2-6-22-54(49)72(62)82)78(70)84-69-32-16-12-28-60(69)64-44-40-51-20-4-8-24-56(51)74(64)84/h1-44H. The summed E-state index contributed by atoms with van der Waals surface area (Å²) in [5, 5.41) is 41.3. The second-order valence-electron chi connectivity index (χ2n) is 22.1. The lowest BCUT2D eigenvalue weighted by atomic mass is 9.92. The third-order valence-corrected chi connectivity index (χ3v) is 17.9. The molecule has 0 fully saturated rings. The molecule has 0 radical (unpaired) electrons. The summed E-state index contributed by atoms with van der Waals surface area (Å²) in [6.45, 7) is 0. The first kappa shape index (κ1) is 46.1. The van der Waals surface area contributed by atoms with Crippen molar-refractivity contribution in [3.05, 3.63) is 278 Å². The molecule has 0 unspecified atom stereocenters. The number of hydrogen-bond acceptors (Lipinski definition) is 2. The number of fused-ring (bicyclic) bond motifs is 20. The van der Waals surface area contributed by atoms with E-state index in [-0.39, 0.29) is 0 Å². The fourth-order valence-electron chi connectivity index (χ4n) is 14.5. The van der Waals surface area contributed by atoms with E-state index in [9.17, 15) is 10.5 Å². The molecular weight excluding hydrogens is 1020 g/mol. The van der Waals surface area contributed by atoms with Gasteiger partial charge >= 0.3 is 0 Å². The molecule has 4 heterocycles. The molecule has 0 saturated carbocycles. The van der Waals surface area contributed by atoms with Crippen molar-refractivity contribution >= 4 is 130 Å². The number of hydrogen-bond donors (Lipinski definition) is 0. The first-order chi connectivity index (χ1) is 41.7. The molecule has 386 valence electrons. The smallest absolute Gasteiger partial charge is 0.104 e. The van der Waals surface area contributed by atoms with Crippen LogP contribution in [-0.4, -0.2) is 18.3 Å². The topological polar surface area (TPSA) is 67.3 Å². The van der Waals surface area contributed by atoms with Gasteiger partial charge in [0.25, 0.3) is 0 Å². The quantitative estimate of drug-likeness (QED) is 0.172. The molecule has 4 aromatic heterocycles. The van der Waals surface area contributed by atoms with Crippen LogP contribution in [0.5, 0.6) is 0 Å². The zero-order chi connectivity index (χ0) is 55.3. The van der Waals surface area contributed by atoms with Crippen LogP contribution in [0.15, 0.2) is 267 Å². The molecule has 0 spiro atoms. The van der Waals surface area contributed by atoms with E-state index < -0.39 is 0 Å². The molecule has 0 aliphatic heterocycles. The van der Waals surface area contributed by atoms with E-state index in [2.05, 4.69) is 285 Å². The normalized spacial score (nSPS) is 12.0. The van der Waals surface area contributed by atoms with Crippen molar-refractivity contribution < 1.29 is 0 Å². The van der Waals surface area contributed by atoms with E-state index in [1.807, 2.05) is 12.1 Å². The zero-order valence-electron chi connectivity index (χ0n) is 45.1. The molecule has 0 aliphatic carbocycles. The summed E-state index contributed by atoms with van der Waals surface area (Å²) in [6, 6.07) is 101. The molecule has 6 heteroatoms. The third-order valence-electron chi connectivity index (χ3n) is 17.9. The summed E-state index contributed by atoms with van der Waals surface area (Å²) in [5.74, 6) is 0. The lowest BCUT2D eigenvalue weighted by molar-refractivity contribution is 1.04. The highest BCUT2D eigenvalue weighted by atomic mass is 15.1.